The first-order valence-corrected chi connectivity index (χ1v) is 7.76. The first-order valence-electron chi connectivity index (χ1n) is 5.98. The quantitative estimate of drug-likeness (QED) is 0.896. The summed E-state index contributed by atoms with van der Waals surface area (Å²) in [4.78, 5) is 13.0. The van der Waals surface area contributed by atoms with Crippen molar-refractivity contribution in [3.8, 4) is 0 Å². The molecule has 0 radical (unpaired) electrons. The first kappa shape index (κ1) is 13.9. The highest BCUT2D eigenvalue weighted by molar-refractivity contribution is 9.10. The zero-order valence-electron chi connectivity index (χ0n) is 10.5. The monoisotopic (exact) mass is 328 g/mol. The fourth-order valence-electron chi connectivity index (χ4n) is 2.12. The van der Waals surface area contributed by atoms with E-state index in [4.69, 9.17) is 0 Å². The van der Waals surface area contributed by atoms with E-state index in [-0.39, 0.29) is 11.9 Å². The Hall–Kier alpha value is -0.520. The Morgan fingerprint density at radius 1 is 1.56 bits per heavy atom. The van der Waals surface area contributed by atoms with Crippen LogP contribution >= 0.6 is 27.7 Å². The molecule has 3 nitrogen and oxygen atoms in total. The number of nitrogens with one attached hydrogen (secondary N) is 2. The molecule has 0 saturated carbocycles. The molecule has 1 heterocycles. The number of hydrogen-bond donors (Lipinski definition) is 2. The minimum Gasteiger partial charge on any atom is -0.348 e. The third kappa shape index (κ3) is 3.08. The standard InChI is InChI=1S/C13H17BrN2OS/c1-8-7-18-11-4-3-9(14)5-10(11)13(8)16-12(17)6-15-2/h3-5,8,13,15H,6-7H2,1-2H3,(H,16,17)/t8-,13-/m0/s1. The Balaban J connectivity index is 2.24. The summed E-state index contributed by atoms with van der Waals surface area (Å²) in [5, 5.41) is 6.00. The predicted octanol–water partition coefficient (Wildman–Crippen LogP) is 2.57. The van der Waals surface area contributed by atoms with Crippen LogP contribution in [0.2, 0.25) is 0 Å². The van der Waals surface area contributed by atoms with Crippen molar-refractivity contribution in [1.29, 1.82) is 0 Å². The van der Waals surface area contributed by atoms with E-state index in [0.717, 1.165) is 10.2 Å². The summed E-state index contributed by atoms with van der Waals surface area (Å²) in [5.74, 6) is 1.53. The van der Waals surface area contributed by atoms with Gasteiger partial charge in [-0.15, -0.1) is 11.8 Å². The smallest absolute Gasteiger partial charge is 0.234 e. The zero-order valence-corrected chi connectivity index (χ0v) is 12.9. The van der Waals surface area contributed by atoms with E-state index in [1.54, 1.807) is 7.05 Å². The highest BCUT2D eigenvalue weighted by atomic mass is 79.9. The molecule has 1 amide bonds. The van der Waals surface area contributed by atoms with Gasteiger partial charge in [0.2, 0.25) is 5.91 Å². The number of benzene rings is 1. The minimum atomic E-state index is 0.0483. The van der Waals surface area contributed by atoms with Crippen molar-refractivity contribution in [2.45, 2.75) is 17.9 Å². The summed E-state index contributed by atoms with van der Waals surface area (Å²) in [6, 6.07) is 6.39. The third-order valence-corrected chi connectivity index (χ3v) is 4.90. The maximum Gasteiger partial charge on any atom is 0.234 e. The third-order valence-electron chi connectivity index (χ3n) is 3.03. The van der Waals surface area contributed by atoms with Gasteiger partial charge < -0.3 is 10.6 Å². The number of fused-ring (bicyclic) bond motifs is 1. The van der Waals surface area contributed by atoms with Crippen molar-refractivity contribution in [1.82, 2.24) is 10.6 Å². The zero-order chi connectivity index (χ0) is 13.1. The van der Waals surface area contributed by atoms with Crippen LogP contribution in [0, 0.1) is 5.92 Å². The van der Waals surface area contributed by atoms with Crippen molar-refractivity contribution in [3.63, 3.8) is 0 Å². The Kier molecular flexibility index (Phi) is 4.70. The molecule has 2 N–H and O–H groups in total. The largest absolute Gasteiger partial charge is 0.348 e. The Morgan fingerprint density at radius 3 is 3.06 bits per heavy atom. The van der Waals surface area contributed by atoms with Crippen molar-refractivity contribution in [3.05, 3.63) is 28.2 Å². The lowest BCUT2D eigenvalue weighted by atomic mass is 9.95. The van der Waals surface area contributed by atoms with Gasteiger partial charge >= 0.3 is 0 Å². The van der Waals surface area contributed by atoms with Crippen LogP contribution in [0.25, 0.3) is 0 Å². The van der Waals surface area contributed by atoms with Crippen LogP contribution in [0.1, 0.15) is 18.5 Å². The van der Waals surface area contributed by atoms with Gasteiger partial charge in [-0.25, -0.2) is 0 Å². The molecule has 2 rings (SSSR count). The normalized spacial score (nSPS) is 22.4. The molecule has 18 heavy (non-hydrogen) atoms. The lowest BCUT2D eigenvalue weighted by Crippen LogP contribution is -2.39. The van der Waals surface area contributed by atoms with E-state index < -0.39 is 0 Å². The molecule has 98 valence electrons. The summed E-state index contributed by atoms with van der Waals surface area (Å²) in [6.45, 7) is 2.54. The molecule has 0 aromatic heterocycles. The summed E-state index contributed by atoms with van der Waals surface area (Å²) < 4.78 is 1.06. The van der Waals surface area contributed by atoms with Gasteiger partial charge in [0, 0.05) is 15.1 Å². The van der Waals surface area contributed by atoms with Gasteiger partial charge in [-0.05, 0) is 36.7 Å². The molecule has 0 fully saturated rings. The van der Waals surface area contributed by atoms with Crippen molar-refractivity contribution >= 4 is 33.6 Å². The molecular weight excluding hydrogens is 312 g/mol. The SMILES string of the molecule is CNCC(=O)N[C@@H]1c2cc(Br)ccc2SC[C@@H]1C. The number of rotatable bonds is 3. The van der Waals surface area contributed by atoms with Crippen LogP contribution < -0.4 is 10.6 Å². The number of thioether (sulfide) groups is 1. The molecule has 1 aliphatic rings. The van der Waals surface area contributed by atoms with Crippen LogP contribution in [0.3, 0.4) is 0 Å². The highest BCUT2D eigenvalue weighted by Crippen LogP contribution is 2.40. The second-order valence-electron chi connectivity index (χ2n) is 4.55. The van der Waals surface area contributed by atoms with E-state index >= 15 is 0 Å². The second-order valence-corrected chi connectivity index (χ2v) is 6.52. The van der Waals surface area contributed by atoms with Gasteiger partial charge in [0.1, 0.15) is 0 Å². The van der Waals surface area contributed by atoms with Gasteiger partial charge in [0.25, 0.3) is 0 Å². The summed E-state index contributed by atoms with van der Waals surface area (Å²) in [5.41, 5.74) is 1.22. The van der Waals surface area contributed by atoms with E-state index in [1.807, 2.05) is 17.8 Å². The van der Waals surface area contributed by atoms with Crippen LogP contribution in [-0.4, -0.2) is 25.3 Å². The maximum absolute atomic E-state index is 11.8. The summed E-state index contributed by atoms with van der Waals surface area (Å²) in [7, 11) is 1.78. The number of hydrogen-bond acceptors (Lipinski definition) is 3. The molecule has 0 saturated heterocycles. The second kappa shape index (κ2) is 6.08. The molecule has 0 unspecified atom stereocenters. The predicted molar refractivity (Wildman–Crippen MR) is 78.8 cm³/mol. The van der Waals surface area contributed by atoms with Gasteiger partial charge in [0.15, 0.2) is 0 Å². The summed E-state index contributed by atoms with van der Waals surface area (Å²) in [6.07, 6.45) is 0. The number of halogens is 1. The summed E-state index contributed by atoms with van der Waals surface area (Å²) >= 11 is 5.36. The molecule has 0 spiro atoms. The average Bonchev–Trinajstić information content (AvgIpc) is 2.33. The highest BCUT2D eigenvalue weighted by Gasteiger charge is 2.28. The Bertz CT molecular complexity index is 453. The average molecular weight is 329 g/mol. The fraction of sp³-hybridized carbons (Fsp3) is 0.462. The van der Waals surface area contributed by atoms with E-state index in [1.165, 1.54) is 10.5 Å². The lowest BCUT2D eigenvalue weighted by Gasteiger charge is -2.31. The van der Waals surface area contributed by atoms with E-state index in [0.29, 0.717) is 12.5 Å². The van der Waals surface area contributed by atoms with Crippen molar-refractivity contribution in [2.75, 3.05) is 19.3 Å². The van der Waals surface area contributed by atoms with Crippen LogP contribution in [0.4, 0.5) is 0 Å². The maximum atomic E-state index is 11.8. The molecular formula is C13H17BrN2OS. The number of carbonyl (C=O) groups is 1. The van der Waals surface area contributed by atoms with E-state index in [9.17, 15) is 4.79 Å². The first-order chi connectivity index (χ1) is 8.61. The van der Waals surface area contributed by atoms with Crippen LogP contribution in [0.5, 0.6) is 0 Å². The molecule has 1 aromatic carbocycles. The molecule has 1 aromatic rings. The Labute approximate surface area is 120 Å². The van der Waals surface area contributed by atoms with Crippen molar-refractivity contribution < 1.29 is 4.79 Å². The lowest BCUT2D eigenvalue weighted by molar-refractivity contribution is -0.121. The minimum absolute atomic E-state index is 0.0483. The number of amides is 1. The fourth-order valence-corrected chi connectivity index (χ4v) is 3.65. The molecule has 0 aliphatic carbocycles. The number of carbonyl (C=O) groups excluding carboxylic acids is 1. The van der Waals surface area contributed by atoms with Crippen LogP contribution in [0.15, 0.2) is 27.6 Å². The van der Waals surface area contributed by atoms with E-state index in [2.05, 4.69) is 45.6 Å². The van der Waals surface area contributed by atoms with Crippen LogP contribution in [-0.2, 0) is 4.79 Å². The van der Waals surface area contributed by atoms with Crippen molar-refractivity contribution in [2.24, 2.45) is 5.92 Å². The molecule has 1 aliphatic heterocycles. The topological polar surface area (TPSA) is 41.1 Å². The van der Waals surface area contributed by atoms with Gasteiger partial charge in [0.05, 0.1) is 12.6 Å². The molecule has 2 atom stereocenters. The number of likely N-dealkylation sites (N-methyl/N-ethyl adjacent to an activating group) is 1. The van der Waals surface area contributed by atoms with Gasteiger partial charge in [-0.2, -0.15) is 0 Å². The van der Waals surface area contributed by atoms with Gasteiger partial charge in [-0.1, -0.05) is 22.9 Å². The molecule has 5 heteroatoms. The Morgan fingerprint density at radius 2 is 2.33 bits per heavy atom. The van der Waals surface area contributed by atoms with Gasteiger partial charge in [-0.3, -0.25) is 4.79 Å². The molecule has 0 bridgehead atoms.